The van der Waals surface area contributed by atoms with Gasteiger partial charge >= 0.3 is 0 Å². The molecule has 0 bridgehead atoms. The minimum Gasteiger partial charge on any atom is -0.387 e. The molecule has 0 fully saturated rings. The smallest absolute Gasteiger partial charge is 0.255 e. The molecule has 0 radical (unpaired) electrons. The van der Waals surface area contributed by atoms with Gasteiger partial charge < -0.3 is 15.7 Å². The molecule has 0 aliphatic rings. The van der Waals surface area contributed by atoms with E-state index in [0.717, 1.165) is 0 Å². The van der Waals surface area contributed by atoms with Crippen LogP contribution in [0.5, 0.6) is 0 Å². The number of nitrogens with zero attached hydrogens (tertiary/aromatic N) is 1. The van der Waals surface area contributed by atoms with E-state index in [-0.39, 0.29) is 17.3 Å². The largest absolute Gasteiger partial charge is 0.387 e. The van der Waals surface area contributed by atoms with E-state index in [1.165, 1.54) is 26.1 Å². The van der Waals surface area contributed by atoms with Gasteiger partial charge in [-0.05, 0) is 26.8 Å². The fourth-order valence-electron chi connectivity index (χ4n) is 1.56. The second-order valence-corrected chi connectivity index (χ2v) is 5.97. The molecule has 1 aromatic heterocycles. The number of anilines is 1. The Morgan fingerprint density at radius 2 is 2.18 bits per heavy atom. The molecule has 0 aromatic carbocycles. The van der Waals surface area contributed by atoms with Crippen LogP contribution in [-0.2, 0) is 0 Å². The number of hydrogen-bond donors (Lipinski definition) is 3. The van der Waals surface area contributed by atoms with Crippen LogP contribution in [-0.4, -0.2) is 47.0 Å². The Morgan fingerprint density at radius 1 is 1.55 bits per heavy atom. The Kier molecular flexibility index (Phi) is 6.49. The van der Waals surface area contributed by atoms with E-state index < -0.39 is 30.4 Å². The van der Waals surface area contributed by atoms with Gasteiger partial charge in [0.2, 0.25) is 0 Å². The van der Waals surface area contributed by atoms with Crippen molar-refractivity contribution in [3.8, 4) is 0 Å². The lowest BCUT2D eigenvalue weighted by atomic mass is 10.0. The third-order valence-corrected chi connectivity index (χ3v) is 3.16. The molecule has 5 nitrogen and oxygen atoms in total. The molecule has 0 aliphatic carbocycles. The van der Waals surface area contributed by atoms with Gasteiger partial charge in [0, 0.05) is 6.20 Å². The molecule has 22 heavy (non-hydrogen) atoms. The van der Waals surface area contributed by atoms with Crippen LogP contribution in [0.2, 0.25) is 5.15 Å². The van der Waals surface area contributed by atoms with E-state index in [4.69, 9.17) is 11.6 Å². The zero-order valence-electron chi connectivity index (χ0n) is 12.7. The Balaban J connectivity index is 2.84. The highest BCUT2D eigenvalue weighted by atomic mass is 35.5. The predicted octanol–water partition coefficient (Wildman–Crippen LogP) is 2.34. The van der Waals surface area contributed by atoms with E-state index in [9.17, 15) is 18.7 Å². The van der Waals surface area contributed by atoms with Gasteiger partial charge in [0.15, 0.2) is 0 Å². The summed E-state index contributed by atoms with van der Waals surface area (Å²) in [5.74, 6) is -0.593. The van der Waals surface area contributed by atoms with Crippen molar-refractivity contribution in [1.29, 1.82) is 0 Å². The number of hydrogen-bond acceptors (Lipinski definition) is 4. The number of amides is 1. The molecule has 1 rings (SSSR count). The van der Waals surface area contributed by atoms with E-state index in [1.807, 2.05) is 0 Å². The maximum atomic E-state index is 13.6. The highest BCUT2D eigenvalue weighted by Gasteiger charge is 2.27. The summed E-state index contributed by atoms with van der Waals surface area (Å²) in [5, 5.41) is 14.8. The molecule has 3 N–H and O–H groups in total. The number of aliphatic hydroxyl groups is 1. The number of carbonyl (C=O) groups excluding carboxylic acids is 1. The first-order valence-corrected chi connectivity index (χ1v) is 7.15. The molecule has 0 aliphatic heterocycles. The van der Waals surface area contributed by atoms with E-state index in [2.05, 4.69) is 15.6 Å². The average molecular weight is 336 g/mol. The second kappa shape index (κ2) is 7.69. The summed E-state index contributed by atoms with van der Waals surface area (Å²) < 4.78 is 26.3. The topological polar surface area (TPSA) is 74.2 Å². The molecular formula is C14H20ClF2N3O2. The van der Waals surface area contributed by atoms with Gasteiger partial charge in [-0.25, -0.2) is 13.8 Å². The average Bonchev–Trinajstić information content (AvgIpc) is 2.43. The molecule has 0 saturated carbocycles. The molecule has 0 saturated heterocycles. The van der Waals surface area contributed by atoms with Crippen molar-refractivity contribution >= 4 is 23.2 Å². The summed E-state index contributed by atoms with van der Waals surface area (Å²) in [6.45, 7) is 3.23. The molecule has 1 unspecified atom stereocenters. The van der Waals surface area contributed by atoms with Crippen LogP contribution < -0.4 is 10.6 Å². The van der Waals surface area contributed by atoms with Crippen LogP contribution in [0.25, 0.3) is 0 Å². The van der Waals surface area contributed by atoms with Crippen LogP contribution >= 0.6 is 11.6 Å². The predicted molar refractivity (Wildman–Crippen MR) is 81.8 cm³/mol. The second-order valence-electron chi connectivity index (χ2n) is 5.58. The fraction of sp³-hybridized carbons (Fsp3) is 0.571. The number of pyridine rings is 1. The van der Waals surface area contributed by atoms with Gasteiger partial charge in [-0.15, -0.1) is 0 Å². The van der Waals surface area contributed by atoms with Crippen molar-refractivity contribution in [3.05, 3.63) is 23.0 Å². The molecule has 0 spiro atoms. The highest BCUT2D eigenvalue weighted by Crippen LogP contribution is 2.20. The molecule has 8 heteroatoms. The van der Waals surface area contributed by atoms with E-state index in [0.29, 0.717) is 5.69 Å². The van der Waals surface area contributed by atoms with Gasteiger partial charge in [-0.1, -0.05) is 11.6 Å². The third-order valence-electron chi connectivity index (χ3n) is 2.96. The van der Waals surface area contributed by atoms with Crippen molar-refractivity contribution < 1.29 is 18.7 Å². The maximum absolute atomic E-state index is 13.6. The lowest BCUT2D eigenvalue weighted by Crippen LogP contribution is -2.42. The first kappa shape index (κ1) is 18.6. The first-order valence-electron chi connectivity index (χ1n) is 6.77. The summed E-state index contributed by atoms with van der Waals surface area (Å²) in [6.07, 6.45) is -0.402. The van der Waals surface area contributed by atoms with Crippen molar-refractivity contribution in [1.82, 2.24) is 10.3 Å². The molecule has 124 valence electrons. The minimum absolute atomic E-state index is 0.118. The lowest BCUT2D eigenvalue weighted by molar-refractivity contribution is -0.00177. The quantitative estimate of drug-likeness (QED) is 0.669. The van der Waals surface area contributed by atoms with Gasteiger partial charge in [-0.3, -0.25) is 4.79 Å². The number of carbonyl (C=O) groups is 1. The summed E-state index contributed by atoms with van der Waals surface area (Å²) in [4.78, 5) is 15.9. The zero-order chi connectivity index (χ0) is 16.9. The fourth-order valence-corrected chi connectivity index (χ4v) is 1.72. The molecular weight excluding hydrogens is 316 g/mol. The van der Waals surface area contributed by atoms with E-state index in [1.54, 1.807) is 6.92 Å². The molecule has 1 amide bonds. The van der Waals surface area contributed by atoms with Crippen LogP contribution in [0.1, 0.15) is 31.1 Å². The number of halogens is 3. The summed E-state index contributed by atoms with van der Waals surface area (Å²) >= 11 is 5.77. The number of aromatic nitrogens is 1. The molecule has 1 aromatic rings. The Hall–Kier alpha value is -1.47. The standard InChI is InChI=1S/C14H20ClF2N3O2/c1-8(5-16)20-10-4-12(15)18-6-9(10)13(21)19-7-11(17)14(2,3)22/h4,6,8,11,22H,5,7H2,1-3H3,(H,18,20)(H,19,21)/t8?,11-/m1/s1. The van der Waals surface area contributed by atoms with Crippen molar-refractivity contribution in [2.24, 2.45) is 0 Å². The Bertz CT molecular complexity index is 523. The van der Waals surface area contributed by atoms with Crippen LogP contribution in [0.15, 0.2) is 12.3 Å². The van der Waals surface area contributed by atoms with Gasteiger partial charge in [0.1, 0.15) is 18.0 Å². The van der Waals surface area contributed by atoms with Crippen molar-refractivity contribution in [3.63, 3.8) is 0 Å². The van der Waals surface area contributed by atoms with Crippen LogP contribution in [0, 0.1) is 0 Å². The van der Waals surface area contributed by atoms with Gasteiger partial charge in [0.25, 0.3) is 5.91 Å². The van der Waals surface area contributed by atoms with Crippen LogP contribution in [0.3, 0.4) is 0 Å². The number of nitrogens with one attached hydrogen (secondary N) is 2. The van der Waals surface area contributed by atoms with Crippen molar-refractivity contribution in [2.45, 2.75) is 38.6 Å². The third kappa shape index (κ3) is 5.38. The number of rotatable bonds is 7. The normalized spacial score (nSPS) is 14.3. The minimum atomic E-state index is -1.63. The van der Waals surface area contributed by atoms with Crippen molar-refractivity contribution in [2.75, 3.05) is 18.5 Å². The summed E-state index contributed by atoms with van der Waals surface area (Å²) in [7, 11) is 0. The summed E-state index contributed by atoms with van der Waals surface area (Å²) in [6, 6.07) is 0.876. The molecule has 1 heterocycles. The molecule has 2 atom stereocenters. The van der Waals surface area contributed by atoms with Gasteiger partial charge in [-0.2, -0.15) is 0 Å². The highest BCUT2D eigenvalue weighted by molar-refractivity contribution is 6.29. The monoisotopic (exact) mass is 335 g/mol. The SMILES string of the molecule is CC(CF)Nc1cc(Cl)ncc1C(=O)NC[C@@H](F)C(C)(C)O. The lowest BCUT2D eigenvalue weighted by Gasteiger charge is -2.22. The number of alkyl halides is 2. The Morgan fingerprint density at radius 3 is 2.73 bits per heavy atom. The summed E-state index contributed by atoms with van der Waals surface area (Å²) in [5.41, 5.74) is -1.14. The van der Waals surface area contributed by atoms with E-state index >= 15 is 0 Å². The van der Waals surface area contributed by atoms with Gasteiger partial charge in [0.05, 0.1) is 29.4 Å². The van der Waals surface area contributed by atoms with Crippen LogP contribution in [0.4, 0.5) is 14.5 Å². The maximum Gasteiger partial charge on any atom is 0.255 e. The zero-order valence-corrected chi connectivity index (χ0v) is 13.4. The Labute approximate surface area is 133 Å². The first-order chi connectivity index (χ1) is 10.1.